The van der Waals surface area contributed by atoms with Crippen LogP contribution in [0.4, 0.5) is 0 Å². The van der Waals surface area contributed by atoms with Gasteiger partial charge in [0.1, 0.15) is 0 Å². The van der Waals surface area contributed by atoms with Crippen LogP contribution in [-0.4, -0.2) is 10.8 Å². The van der Waals surface area contributed by atoms with E-state index in [0.29, 0.717) is 6.42 Å². The average molecular weight is 189 g/mol. The molecule has 1 aromatic heterocycles. The van der Waals surface area contributed by atoms with Gasteiger partial charge in [0.2, 0.25) is 0 Å². The molecule has 2 heteroatoms. The Balaban J connectivity index is 2.42. The highest BCUT2D eigenvalue weighted by atomic mass is 16.1. The monoisotopic (exact) mass is 189 g/mol. The lowest BCUT2D eigenvalue weighted by Gasteiger charge is -2.26. The minimum Gasteiger partial charge on any atom is -0.361 e. The zero-order chi connectivity index (χ0) is 10.2. The molecule has 0 unspecified atom stereocenters. The molecule has 0 atom stereocenters. The van der Waals surface area contributed by atoms with Crippen LogP contribution in [0.15, 0.2) is 24.4 Å². The standard InChI is InChI=1S/C12H15NO/c1-12(2)6-5-11(14)9(8-12)10-4-3-7-13-10/h3-4,7-8,13H,5-6H2,1-2H3. The van der Waals surface area contributed by atoms with E-state index in [0.717, 1.165) is 17.7 Å². The Labute approximate surface area is 84.0 Å². The third kappa shape index (κ3) is 1.65. The molecule has 74 valence electrons. The second-order valence-corrected chi connectivity index (χ2v) is 4.55. The molecular formula is C12H15NO. The van der Waals surface area contributed by atoms with Crippen molar-refractivity contribution in [3.05, 3.63) is 30.1 Å². The number of hydrogen-bond acceptors (Lipinski definition) is 1. The number of ketones is 1. The van der Waals surface area contributed by atoms with Crippen LogP contribution < -0.4 is 0 Å². The minimum absolute atomic E-state index is 0.147. The summed E-state index contributed by atoms with van der Waals surface area (Å²) in [6.45, 7) is 4.34. The molecule has 0 saturated heterocycles. The van der Waals surface area contributed by atoms with Gasteiger partial charge in [0.25, 0.3) is 0 Å². The van der Waals surface area contributed by atoms with E-state index < -0.39 is 0 Å². The molecule has 0 radical (unpaired) electrons. The molecule has 1 N–H and O–H groups in total. The van der Waals surface area contributed by atoms with Crippen LogP contribution in [0.25, 0.3) is 5.57 Å². The van der Waals surface area contributed by atoms with Gasteiger partial charge in [-0.25, -0.2) is 0 Å². The second-order valence-electron chi connectivity index (χ2n) is 4.55. The fraction of sp³-hybridized carbons (Fsp3) is 0.417. The maximum Gasteiger partial charge on any atom is 0.164 e. The normalized spacial score (nSPS) is 20.7. The fourth-order valence-corrected chi connectivity index (χ4v) is 1.84. The van der Waals surface area contributed by atoms with Gasteiger partial charge in [0.15, 0.2) is 5.78 Å². The summed E-state index contributed by atoms with van der Waals surface area (Å²) in [6.07, 6.45) is 5.56. The summed E-state index contributed by atoms with van der Waals surface area (Å²) in [4.78, 5) is 14.8. The van der Waals surface area contributed by atoms with E-state index in [9.17, 15) is 4.79 Å². The van der Waals surface area contributed by atoms with Crippen molar-refractivity contribution in [1.82, 2.24) is 4.98 Å². The van der Waals surface area contributed by atoms with Crippen LogP contribution in [0, 0.1) is 5.41 Å². The van der Waals surface area contributed by atoms with Crippen molar-refractivity contribution in [3.8, 4) is 0 Å². The molecule has 0 amide bonds. The summed E-state index contributed by atoms with van der Waals surface area (Å²) < 4.78 is 0. The first-order chi connectivity index (χ1) is 6.58. The van der Waals surface area contributed by atoms with Crippen molar-refractivity contribution < 1.29 is 4.79 Å². The molecular weight excluding hydrogens is 174 g/mol. The zero-order valence-electron chi connectivity index (χ0n) is 8.63. The number of nitrogens with one attached hydrogen (secondary N) is 1. The molecule has 0 fully saturated rings. The molecule has 0 spiro atoms. The molecule has 14 heavy (non-hydrogen) atoms. The third-order valence-electron chi connectivity index (χ3n) is 2.72. The number of hydrogen-bond donors (Lipinski definition) is 1. The van der Waals surface area contributed by atoms with E-state index in [1.54, 1.807) is 0 Å². The molecule has 0 bridgehead atoms. The number of allylic oxidation sites excluding steroid dienone is 2. The predicted octanol–water partition coefficient (Wildman–Crippen LogP) is 2.79. The largest absolute Gasteiger partial charge is 0.361 e. The summed E-state index contributed by atoms with van der Waals surface area (Å²) >= 11 is 0. The molecule has 1 aliphatic carbocycles. The van der Waals surface area contributed by atoms with E-state index in [4.69, 9.17) is 0 Å². The van der Waals surface area contributed by atoms with E-state index in [-0.39, 0.29) is 11.2 Å². The summed E-state index contributed by atoms with van der Waals surface area (Å²) in [5.74, 6) is 0.256. The lowest BCUT2D eigenvalue weighted by Crippen LogP contribution is -2.19. The molecule has 1 aliphatic rings. The van der Waals surface area contributed by atoms with Crippen LogP contribution in [0.3, 0.4) is 0 Å². The van der Waals surface area contributed by atoms with Crippen LogP contribution in [0.5, 0.6) is 0 Å². The number of H-pyrrole nitrogens is 1. The van der Waals surface area contributed by atoms with Gasteiger partial charge in [-0.15, -0.1) is 0 Å². The minimum atomic E-state index is 0.147. The quantitative estimate of drug-likeness (QED) is 0.724. The van der Waals surface area contributed by atoms with Crippen molar-refractivity contribution in [2.24, 2.45) is 5.41 Å². The Bertz CT molecular complexity index is 371. The van der Waals surface area contributed by atoms with E-state index >= 15 is 0 Å². The third-order valence-corrected chi connectivity index (χ3v) is 2.72. The van der Waals surface area contributed by atoms with Crippen molar-refractivity contribution in [3.63, 3.8) is 0 Å². The van der Waals surface area contributed by atoms with Gasteiger partial charge in [-0.2, -0.15) is 0 Å². The van der Waals surface area contributed by atoms with Crippen molar-refractivity contribution in [2.75, 3.05) is 0 Å². The molecule has 1 heterocycles. The van der Waals surface area contributed by atoms with Crippen LogP contribution in [0.2, 0.25) is 0 Å². The number of carbonyl (C=O) groups is 1. The first-order valence-electron chi connectivity index (χ1n) is 4.98. The Morgan fingerprint density at radius 2 is 2.21 bits per heavy atom. The lowest BCUT2D eigenvalue weighted by atomic mass is 9.78. The second kappa shape index (κ2) is 3.12. The molecule has 1 aromatic rings. The summed E-state index contributed by atoms with van der Waals surface area (Å²) in [6, 6.07) is 3.87. The van der Waals surface area contributed by atoms with Crippen molar-refractivity contribution in [2.45, 2.75) is 26.7 Å². The topological polar surface area (TPSA) is 32.9 Å². The number of rotatable bonds is 1. The van der Waals surface area contributed by atoms with E-state index in [1.807, 2.05) is 18.3 Å². The van der Waals surface area contributed by atoms with Crippen molar-refractivity contribution in [1.29, 1.82) is 0 Å². The number of carbonyl (C=O) groups excluding carboxylic acids is 1. The lowest BCUT2D eigenvalue weighted by molar-refractivity contribution is -0.114. The molecule has 0 aliphatic heterocycles. The maximum absolute atomic E-state index is 11.7. The summed E-state index contributed by atoms with van der Waals surface area (Å²) in [7, 11) is 0. The van der Waals surface area contributed by atoms with Gasteiger partial charge in [0.05, 0.1) is 0 Å². The highest BCUT2D eigenvalue weighted by Gasteiger charge is 2.26. The maximum atomic E-state index is 11.7. The molecule has 2 nitrogen and oxygen atoms in total. The van der Waals surface area contributed by atoms with Gasteiger partial charge >= 0.3 is 0 Å². The summed E-state index contributed by atoms with van der Waals surface area (Å²) in [5, 5.41) is 0. The average Bonchev–Trinajstić information content (AvgIpc) is 2.62. The van der Waals surface area contributed by atoms with Gasteiger partial charge in [-0.05, 0) is 24.0 Å². The molecule has 0 saturated carbocycles. The Morgan fingerprint density at radius 3 is 2.86 bits per heavy atom. The Morgan fingerprint density at radius 1 is 1.43 bits per heavy atom. The van der Waals surface area contributed by atoms with Crippen molar-refractivity contribution >= 4 is 11.4 Å². The SMILES string of the molecule is CC1(C)C=C(c2ccc[nH]2)C(=O)CC1. The van der Waals surface area contributed by atoms with E-state index in [1.165, 1.54) is 0 Å². The zero-order valence-corrected chi connectivity index (χ0v) is 8.63. The van der Waals surface area contributed by atoms with Crippen LogP contribution in [0.1, 0.15) is 32.4 Å². The highest BCUT2D eigenvalue weighted by molar-refractivity contribution is 6.20. The number of aromatic amines is 1. The Hall–Kier alpha value is -1.31. The number of aromatic nitrogens is 1. The first kappa shape index (κ1) is 9.25. The number of Topliss-reactive ketones (excluding diaryl/α,β-unsaturated/α-hetero) is 1. The van der Waals surface area contributed by atoms with Gasteiger partial charge in [-0.3, -0.25) is 4.79 Å². The predicted molar refractivity (Wildman–Crippen MR) is 56.8 cm³/mol. The fourth-order valence-electron chi connectivity index (χ4n) is 1.84. The van der Waals surface area contributed by atoms with Gasteiger partial charge in [0, 0.05) is 23.9 Å². The smallest absolute Gasteiger partial charge is 0.164 e. The first-order valence-corrected chi connectivity index (χ1v) is 4.98. The van der Waals surface area contributed by atoms with Gasteiger partial charge in [-0.1, -0.05) is 19.9 Å². The van der Waals surface area contributed by atoms with E-state index in [2.05, 4.69) is 24.9 Å². The molecule has 2 rings (SSSR count). The van der Waals surface area contributed by atoms with Crippen LogP contribution in [-0.2, 0) is 4.79 Å². The Kier molecular flexibility index (Phi) is 2.06. The molecule has 0 aromatic carbocycles. The van der Waals surface area contributed by atoms with Crippen LogP contribution >= 0.6 is 0 Å². The van der Waals surface area contributed by atoms with Gasteiger partial charge < -0.3 is 4.98 Å². The highest BCUT2D eigenvalue weighted by Crippen LogP contribution is 2.34. The summed E-state index contributed by atoms with van der Waals surface area (Å²) in [5.41, 5.74) is 1.95.